The van der Waals surface area contributed by atoms with Gasteiger partial charge in [-0.25, -0.2) is 9.59 Å². The smallest absolute Gasteiger partial charge is 0.337 e. The molecule has 4 rings (SSSR count). The van der Waals surface area contributed by atoms with Crippen molar-refractivity contribution in [2.45, 2.75) is 46.6 Å². The highest BCUT2D eigenvalue weighted by Gasteiger charge is 2.32. The zero-order valence-electron chi connectivity index (χ0n) is 26.6. The fourth-order valence-corrected chi connectivity index (χ4v) is 4.78. The summed E-state index contributed by atoms with van der Waals surface area (Å²) in [6.45, 7) is 8.45. The predicted molar refractivity (Wildman–Crippen MR) is 172 cm³/mol. The number of esters is 1. The summed E-state index contributed by atoms with van der Waals surface area (Å²) in [5, 5.41) is 20.0. The molecule has 1 heterocycles. The Balaban J connectivity index is 1.37. The van der Waals surface area contributed by atoms with Crippen LogP contribution in [0.3, 0.4) is 0 Å². The summed E-state index contributed by atoms with van der Waals surface area (Å²) in [4.78, 5) is 24.6. The van der Waals surface area contributed by atoms with Crippen molar-refractivity contribution in [3.05, 3.63) is 94.2 Å². The van der Waals surface area contributed by atoms with Crippen molar-refractivity contribution in [3.63, 3.8) is 0 Å². The van der Waals surface area contributed by atoms with Gasteiger partial charge < -0.3 is 39.4 Å². The highest BCUT2D eigenvalue weighted by molar-refractivity contribution is 5.95. The van der Waals surface area contributed by atoms with Crippen molar-refractivity contribution in [2.24, 2.45) is 5.10 Å². The van der Waals surface area contributed by atoms with Crippen LogP contribution in [0.15, 0.2) is 77.0 Å². The first-order valence-electron chi connectivity index (χ1n) is 14.9. The number of aliphatic hydroxyl groups excluding tert-OH is 1. The van der Waals surface area contributed by atoms with E-state index in [2.05, 4.69) is 27.2 Å². The molecule has 0 aromatic heterocycles. The Kier molecular flexibility index (Phi) is 11.8. The maximum atomic E-state index is 12.5. The molecule has 0 saturated carbocycles. The zero-order valence-corrected chi connectivity index (χ0v) is 26.6. The molecule has 4 N–H and O–H groups in total. The molecule has 0 unspecified atom stereocenters. The number of hydrazone groups is 1. The van der Waals surface area contributed by atoms with Crippen molar-refractivity contribution in [1.82, 2.24) is 16.1 Å². The van der Waals surface area contributed by atoms with Crippen molar-refractivity contribution in [2.75, 3.05) is 26.9 Å². The van der Waals surface area contributed by atoms with Gasteiger partial charge in [0.2, 0.25) is 0 Å². The van der Waals surface area contributed by atoms with Gasteiger partial charge in [0, 0.05) is 5.70 Å². The Bertz CT molecular complexity index is 1590. The van der Waals surface area contributed by atoms with E-state index in [0.717, 1.165) is 16.7 Å². The van der Waals surface area contributed by atoms with Crippen LogP contribution >= 0.6 is 0 Å². The van der Waals surface area contributed by atoms with Gasteiger partial charge in [0.25, 0.3) is 0 Å². The third-order valence-electron chi connectivity index (χ3n) is 6.85. The fraction of sp³-hybridized carbons (Fsp3) is 0.324. The van der Waals surface area contributed by atoms with Crippen LogP contribution in [-0.4, -0.2) is 56.5 Å². The maximum Gasteiger partial charge on any atom is 0.337 e. The van der Waals surface area contributed by atoms with Crippen LogP contribution in [0.5, 0.6) is 23.0 Å². The number of hydrogen-bond acceptors (Lipinski definition) is 10. The standard InChI is InChI=1S/C34H40N4O8/c1-6-43-28-16-23(11-13-26(28)45-19-24-10-8-9-21(3)15-24)18-35-38-30(39)20-46-27-14-12-25(17-29(27)44-7-2)32-31(33(40)42-5)22(4)36-34(41)37-32/h8-18,30,32,38-39H,6-7,19-20H2,1-5H3,(H2,36,37,41)/b35-18-/t30-,32+/m0/s1. The monoisotopic (exact) mass is 632 g/mol. The quantitative estimate of drug-likeness (QED) is 0.0823. The number of nitrogens with one attached hydrogen (secondary N) is 3. The molecule has 0 radical (unpaired) electrons. The van der Waals surface area contributed by atoms with E-state index in [-0.39, 0.29) is 12.2 Å². The van der Waals surface area contributed by atoms with E-state index < -0.39 is 24.3 Å². The molecule has 46 heavy (non-hydrogen) atoms. The number of nitrogens with zero attached hydrogens (tertiary/aromatic N) is 1. The van der Waals surface area contributed by atoms with E-state index in [9.17, 15) is 14.7 Å². The summed E-state index contributed by atoms with van der Waals surface area (Å²) in [6.07, 6.45) is 0.409. The molecule has 3 aromatic carbocycles. The van der Waals surface area contributed by atoms with Crippen molar-refractivity contribution >= 4 is 18.2 Å². The van der Waals surface area contributed by atoms with Crippen LogP contribution in [0.4, 0.5) is 4.79 Å². The molecule has 0 bridgehead atoms. The fourth-order valence-electron chi connectivity index (χ4n) is 4.78. The van der Waals surface area contributed by atoms with E-state index in [4.69, 9.17) is 23.7 Å². The lowest BCUT2D eigenvalue weighted by Gasteiger charge is -2.28. The van der Waals surface area contributed by atoms with Crippen LogP contribution in [0, 0.1) is 6.92 Å². The molecule has 0 saturated heterocycles. The summed E-state index contributed by atoms with van der Waals surface area (Å²) in [5.74, 6) is 1.37. The minimum atomic E-state index is -1.14. The second-order valence-electron chi connectivity index (χ2n) is 10.3. The van der Waals surface area contributed by atoms with Crippen LogP contribution in [-0.2, 0) is 16.1 Å². The number of rotatable bonds is 15. The molecule has 2 atom stereocenters. The highest BCUT2D eigenvalue weighted by atomic mass is 16.5. The predicted octanol–water partition coefficient (Wildman–Crippen LogP) is 4.49. The summed E-state index contributed by atoms with van der Waals surface area (Å²) >= 11 is 0. The Morgan fingerprint density at radius 2 is 1.67 bits per heavy atom. The lowest BCUT2D eigenvalue weighted by Crippen LogP contribution is -2.45. The van der Waals surface area contributed by atoms with Gasteiger partial charge in [0.05, 0.1) is 38.2 Å². The van der Waals surface area contributed by atoms with Gasteiger partial charge in [-0.2, -0.15) is 5.10 Å². The zero-order chi connectivity index (χ0) is 33.1. The largest absolute Gasteiger partial charge is 0.490 e. The van der Waals surface area contributed by atoms with Gasteiger partial charge in [0.15, 0.2) is 29.2 Å². The molecular weight excluding hydrogens is 592 g/mol. The molecule has 12 heteroatoms. The van der Waals surface area contributed by atoms with E-state index in [1.165, 1.54) is 7.11 Å². The molecular formula is C34H40N4O8. The number of carbonyl (C=O) groups excluding carboxylic acids is 2. The van der Waals surface area contributed by atoms with Gasteiger partial charge in [-0.15, -0.1) is 0 Å². The van der Waals surface area contributed by atoms with Gasteiger partial charge in [-0.3, -0.25) is 5.43 Å². The molecule has 2 amide bonds. The summed E-state index contributed by atoms with van der Waals surface area (Å²) in [6, 6.07) is 17.4. The molecule has 12 nitrogen and oxygen atoms in total. The lowest BCUT2D eigenvalue weighted by atomic mass is 9.95. The van der Waals surface area contributed by atoms with Crippen molar-refractivity contribution in [3.8, 4) is 23.0 Å². The molecule has 244 valence electrons. The number of benzene rings is 3. The highest BCUT2D eigenvalue weighted by Crippen LogP contribution is 2.35. The van der Waals surface area contributed by atoms with E-state index in [0.29, 0.717) is 54.1 Å². The number of hydrogen-bond donors (Lipinski definition) is 4. The van der Waals surface area contributed by atoms with Gasteiger partial charge >= 0.3 is 12.0 Å². The first kappa shape index (κ1) is 33.7. The van der Waals surface area contributed by atoms with Gasteiger partial charge in [-0.05, 0) is 74.7 Å². The van der Waals surface area contributed by atoms with E-state index >= 15 is 0 Å². The second kappa shape index (κ2) is 16.2. The van der Waals surface area contributed by atoms with Gasteiger partial charge in [-0.1, -0.05) is 35.9 Å². The first-order valence-corrected chi connectivity index (χ1v) is 14.9. The number of aliphatic hydroxyl groups is 1. The number of urea groups is 1. The van der Waals surface area contributed by atoms with Crippen molar-refractivity contribution < 1.29 is 38.4 Å². The number of amides is 2. The van der Waals surface area contributed by atoms with Crippen LogP contribution in [0.25, 0.3) is 0 Å². The molecule has 1 aliphatic heterocycles. The number of aryl methyl sites for hydroxylation is 1. The number of allylic oxidation sites excluding steroid dienone is 1. The second-order valence-corrected chi connectivity index (χ2v) is 10.3. The van der Waals surface area contributed by atoms with Crippen LogP contribution < -0.4 is 35.0 Å². The Morgan fingerprint density at radius 3 is 2.39 bits per heavy atom. The first-order chi connectivity index (χ1) is 22.2. The summed E-state index contributed by atoms with van der Waals surface area (Å²) in [5.41, 5.74) is 6.86. The number of ether oxygens (including phenoxy) is 5. The molecule has 0 spiro atoms. The minimum Gasteiger partial charge on any atom is -0.490 e. The molecule has 1 aliphatic rings. The molecule has 0 fully saturated rings. The third-order valence-corrected chi connectivity index (χ3v) is 6.85. The van der Waals surface area contributed by atoms with Crippen molar-refractivity contribution in [1.29, 1.82) is 0 Å². The lowest BCUT2D eigenvalue weighted by molar-refractivity contribution is -0.136. The number of carbonyl (C=O) groups is 2. The average molecular weight is 633 g/mol. The van der Waals surface area contributed by atoms with Gasteiger partial charge in [0.1, 0.15) is 13.2 Å². The summed E-state index contributed by atoms with van der Waals surface area (Å²) < 4.78 is 28.3. The Labute approximate surface area is 268 Å². The third kappa shape index (κ3) is 8.91. The Hall–Kier alpha value is -5.23. The Morgan fingerprint density at radius 1 is 0.957 bits per heavy atom. The SMILES string of the molecule is CCOc1cc(/C=N\N[C@@H](O)COc2ccc([C@H]3NC(=O)NC(C)=C3C(=O)OC)cc2OCC)ccc1OCc1cccc(C)c1. The van der Waals surface area contributed by atoms with E-state index in [1.54, 1.807) is 31.3 Å². The molecule has 3 aromatic rings. The number of methoxy groups -OCH3 is 1. The maximum absolute atomic E-state index is 12.5. The molecule has 0 aliphatic carbocycles. The normalized spacial score (nSPS) is 15.1. The average Bonchev–Trinajstić information content (AvgIpc) is 3.03. The summed E-state index contributed by atoms with van der Waals surface area (Å²) in [7, 11) is 1.28. The topological polar surface area (TPSA) is 149 Å². The van der Waals surface area contributed by atoms with Crippen LogP contribution in [0.1, 0.15) is 49.1 Å². The minimum absolute atomic E-state index is 0.150. The van der Waals surface area contributed by atoms with E-state index in [1.807, 2.05) is 57.2 Å². The van der Waals surface area contributed by atoms with Crippen LogP contribution in [0.2, 0.25) is 0 Å².